The highest BCUT2D eigenvalue weighted by atomic mass is 32.2. The minimum absolute atomic E-state index is 0.0220. The Labute approximate surface area is 224 Å². The van der Waals surface area contributed by atoms with E-state index in [-0.39, 0.29) is 28.1 Å². The van der Waals surface area contributed by atoms with Crippen LogP contribution in [0, 0.1) is 5.41 Å². The standard InChI is InChI=1S/C28H37N3O6S/c1-2-23-25-24(18-28(19-29-26(25)32)12-16-36-17-13-28)31(30-23)14-5-15-37-27(33)20-8-10-22(11-9-20)38(34,35)21-6-3-4-7-21/h8-11,21H,2-7,12-19H2,1H3,(H,29,32). The Morgan fingerprint density at radius 1 is 1.18 bits per heavy atom. The van der Waals surface area contributed by atoms with Gasteiger partial charge in [-0.25, -0.2) is 13.2 Å². The van der Waals surface area contributed by atoms with Crippen molar-refractivity contribution in [1.82, 2.24) is 15.1 Å². The molecule has 3 heterocycles. The molecular formula is C28H37N3O6S. The molecule has 2 aromatic rings. The van der Waals surface area contributed by atoms with E-state index in [4.69, 9.17) is 14.6 Å². The molecule has 1 amide bonds. The first kappa shape index (κ1) is 26.9. The first-order valence-corrected chi connectivity index (χ1v) is 15.3. The normalized spacial score (nSPS) is 19.7. The highest BCUT2D eigenvalue weighted by Crippen LogP contribution is 2.37. The van der Waals surface area contributed by atoms with Gasteiger partial charge in [-0.2, -0.15) is 5.10 Å². The van der Waals surface area contributed by atoms with Crippen molar-refractivity contribution in [3.8, 4) is 0 Å². The SMILES string of the molecule is CCc1nn(CCCOC(=O)c2ccc(S(=O)(=O)C3CCCC3)cc2)c2c1C(=O)NCC1(CCOCC1)C2. The lowest BCUT2D eigenvalue weighted by atomic mass is 9.76. The summed E-state index contributed by atoms with van der Waals surface area (Å²) in [4.78, 5) is 25.8. The van der Waals surface area contributed by atoms with Gasteiger partial charge in [0.15, 0.2) is 9.84 Å². The molecule has 0 bridgehead atoms. The fraction of sp³-hybridized carbons (Fsp3) is 0.607. The van der Waals surface area contributed by atoms with Crippen LogP contribution in [-0.2, 0) is 38.7 Å². The molecule has 0 unspecified atom stereocenters. The number of ether oxygens (including phenoxy) is 2. The summed E-state index contributed by atoms with van der Waals surface area (Å²) in [5.41, 5.74) is 2.76. The van der Waals surface area contributed by atoms with Gasteiger partial charge in [-0.15, -0.1) is 0 Å². The van der Waals surface area contributed by atoms with Crippen molar-refractivity contribution in [1.29, 1.82) is 0 Å². The molecule has 2 fully saturated rings. The molecule has 3 aliphatic rings. The van der Waals surface area contributed by atoms with Gasteiger partial charge in [-0.3, -0.25) is 9.48 Å². The van der Waals surface area contributed by atoms with E-state index in [2.05, 4.69) is 5.32 Å². The molecule has 1 aromatic heterocycles. The van der Waals surface area contributed by atoms with Gasteiger partial charge in [0.1, 0.15) is 0 Å². The third kappa shape index (κ3) is 5.38. The Morgan fingerprint density at radius 3 is 2.58 bits per heavy atom. The van der Waals surface area contributed by atoms with Crippen LogP contribution in [0.1, 0.15) is 84.0 Å². The summed E-state index contributed by atoms with van der Waals surface area (Å²) < 4.78 is 38.5. The van der Waals surface area contributed by atoms with Crippen LogP contribution in [0.4, 0.5) is 0 Å². The van der Waals surface area contributed by atoms with E-state index < -0.39 is 15.8 Å². The van der Waals surface area contributed by atoms with E-state index >= 15 is 0 Å². The van der Waals surface area contributed by atoms with Crippen molar-refractivity contribution >= 4 is 21.7 Å². The van der Waals surface area contributed by atoms with Crippen LogP contribution in [0.3, 0.4) is 0 Å². The van der Waals surface area contributed by atoms with Crippen LogP contribution in [0.5, 0.6) is 0 Å². The summed E-state index contributed by atoms with van der Waals surface area (Å²) in [6, 6.07) is 6.06. The number of carbonyl (C=O) groups is 2. The number of carbonyl (C=O) groups excluding carboxylic acids is 2. The summed E-state index contributed by atoms with van der Waals surface area (Å²) in [6.45, 7) is 4.77. The number of hydrogen-bond donors (Lipinski definition) is 1. The van der Waals surface area contributed by atoms with E-state index in [0.717, 1.165) is 43.5 Å². The molecule has 206 valence electrons. The number of hydrogen-bond acceptors (Lipinski definition) is 7. The number of nitrogens with zero attached hydrogens (tertiary/aromatic N) is 2. The lowest BCUT2D eigenvalue weighted by Gasteiger charge is -2.36. The smallest absolute Gasteiger partial charge is 0.338 e. The van der Waals surface area contributed by atoms with Gasteiger partial charge < -0.3 is 14.8 Å². The number of amides is 1. The number of aryl methyl sites for hydroxylation is 2. The van der Waals surface area contributed by atoms with E-state index in [1.54, 1.807) is 0 Å². The average molecular weight is 544 g/mol. The molecule has 2 aliphatic heterocycles. The molecule has 10 heteroatoms. The van der Waals surface area contributed by atoms with Gasteiger partial charge in [-0.1, -0.05) is 19.8 Å². The zero-order valence-corrected chi connectivity index (χ0v) is 22.9. The number of rotatable bonds is 8. The Bertz CT molecular complexity index is 1270. The zero-order valence-electron chi connectivity index (χ0n) is 22.0. The van der Waals surface area contributed by atoms with Crippen molar-refractivity contribution in [2.24, 2.45) is 5.41 Å². The number of fused-ring (bicyclic) bond motifs is 1. The summed E-state index contributed by atoms with van der Waals surface area (Å²) in [5.74, 6) is -0.542. The van der Waals surface area contributed by atoms with Crippen LogP contribution < -0.4 is 5.32 Å². The Morgan fingerprint density at radius 2 is 1.89 bits per heavy atom. The summed E-state index contributed by atoms with van der Waals surface area (Å²) >= 11 is 0. The van der Waals surface area contributed by atoms with E-state index in [1.807, 2.05) is 11.6 Å². The topological polar surface area (TPSA) is 117 Å². The number of benzene rings is 1. The Balaban J connectivity index is 1.21. The maximum Gasteiger partial charge on any atom is 0.338 e. The quantitative estimate of drug-likeness (QED) is 0.400. The molecule has 9 nitrogen and oxygen atoms in total. The largest absolute Gasteiger partial charge is 0.462 e. The van der Waals surface area contributed by atoms with Crippen LogP contribution in [0.2, 0.25) is 0 Å². The monoisotopic (exact) mass is 543 g/mol. The van der Waals surface area contributed by atoms with Crippen molar-refractivity contribution in [3.63, 3.8) is 0 Å². The second kappa shape index (κ2) is 11.2. The second-order valence-corrected chi connectivity index (χ2v) is 13.0. The fourth-order valence-corrected chi connectivity index (χ4v) is 7.85. The average Bonchev–Trinajstić information content (AvgIpc) is 3.57. The minimum atomic E-state index is -3.35. The van der Waals surface area contributed by atoms with Crippen LogP contribution in [0.15, 0.2) is 29.2 Å². The highest BCUT2D eigenvalue weighted by molar-refractivity contribution is 7.92. The molecule has 1 N–H and O–H groups in total. The molecule has 5 rings (SSSR count). The lowest BCUT2D eigenvalue weighted by molar-refractivity contribution is 0.0152. The first-order chi connectivity index (χ1) is 18.3. The van der Waals surface area contributed by atoms with Crippen molar-refractivity contribution in [3.05, 3.63) is 46.8 Å². The molecule has 1 aliphatic carbocycles. The fourth-order valence-electron chi connectivity index (χ4n) is 5.99. The lowest BCUT2D eigenvalue weighted by Crippen LogP contribution is -2.40. The van der Waals surface area contributed by atoms with Gasteiger partial charge in [-0.05, 0) is 68.2 Å². The Hall–Kier alpha value is -2.72. The molecule has 1 saturated heterocycles. The van der Waals surface area contributed by atoms with Crippen molar-refractivity contribution in [2.45, 2.75) is 81.4 Å². The molecule has 1 saturated carbocycles. The molecule has 0 atom stereocenters. The molecule has 38 heavy (non-hydrogen) atoms. The molecule has 0 radical (unpaired) electrons. The number of esters is 1. The van der Waals surface area contributed by atoms with Gasteiger partial charge >= 0.3 is 5.97 Å². The molecular weight excluding hydrogens is 506 g/mol. The predicted octanol–water partition coefficient (Wildman–Crippen LogP) is 3.49. The number of sulfone groups is 1. The van der Waals surface area contributed by atoms with E-state index in [9.17, 15) is 18.0 Å². The van der Waals surface area contributed by atoms with Crippen LogP contribution in [-0.4, -0.2) is 61.7 Å². The third-order valence-corrected chi connectivity index (χ3v) is 10.6. The predicted molar refractivity (Wildman–Crippen MR) is 141 cm³/mol. The van der Waals surface area contributed by atoms with Crippen LogP contribution in [0.25, 0.3) is 0 Å². The van der Waals surface area contributed by atoms with Gasteiger partial charge in [0.2, 0.25) is 0 Å². The van der Waals surface area contributed by atoms with E-state index in [1.165, 1.54) is 24.3 Å². The number of aromatic nitrogens is 2. The summed E-state index contributed by atoms with van der Waals surface area (Å²) in [7, 11) is -3.35. The minimum Gasteiger partial charge on any atom is -0.462 e. The maximum atomic E-state index is 13.0. The van der Waals surface area contributed by atoms with E-state index in [0.29, 0.717) is 63.1 Å². The number of nitrogens with one attached hydrogen (secondary N) is 1. The summed E-state index contributed by atoms with van der Waals surface area (Å²) in [5, 5.41) is 7.55. The highest BCUT2D eigenvalue weighted by Gasteiger charge is 2.39. The third-order valence-electron chi connectivity index (χ3n) is 8.32. The first-order valence-electron chi connectivity index (χ1n) is 13.8. The second-order valence-electron chi connectivity index (χ2n) is 10.8. The van der Waals surface area contributed by atoms with Crippen molar-refractivity contribution < 1.29 is 27.5 Å². The van der Waals surface area contributed by atoms with Gasteiger partial charge in [0, 0.05) is 32.7 Å². The molecule has 1 aromatic carbocycles. The maximum absolute atomic E-state index is 13.0. The van der Waals surface area contributed by atoms with Gasteiger partial charge in [0.05, 0.1) is 39.3 Å². The Kier molecular flexibility index (Phi) is 7.90. The molecule has 1 spiro atoms. The zero-order chi connectivity index (χ0) is 26.8. The van der Waals surface area contributed by atoms with Crippen LogP contribution >= 0.6 is 0 Å². The van der Waals surface area contributed by atoms with Crippen molar-refractivity contribution in [2.75, 3.05) is 26.4 Å². The van der Waals surface area contributed by atoms with Gasteiger partial charge in [0.25, 0.3) is 5.91 Å². The summed E-state index contributed by atoms with van der Waals surface area (Å²) in [6.07, 6.45) is 7.08.